The molecular weight excluding hydrogens is 320 g/mol. The van der Waals surface area contributed by atoms with Crippen molar-refractivity contribution in [2.75, 3.05) is 13.7 Å². The van der Waals surface area contributed by atoms with Crippen LogP contribution in [0.15, 0.2) is 34.2 Å². The minimum Gasteiger partial charge on any atom is -0.468 e. The Kier molecular flexibility index (Phi) is 4.33. The maximum Gasteiger partial charge on any atom is 0.325 e. The number of para-hydroxylation sites is 1. The molecule has 0 radical (unpaired) electrons. The predicted molar refractivity (Wildman–Crippen MR) is 83.2 cm³/mol. The number of methoxy groups -OCH3 is 1. The monoisotopic (exact) mass is 334 g/mol. The number of hydrogen-bond donors (Lipinski definition) is 0. The molecule has 1 aromatic heterocycles. The van der Waals surface area contributed by atoms with Gasteiger partial charge in [-0.1, -0.05) is 23.9 Å². The van der Waals surface area contributed by atoms with Gasteiger partial charge in [0.1, 0.15) is 11.8 Å². The lowest BCUT2D eigenvalue weighted by molar-refractivity contribution is -0.141. The Hall–Kier alpha value is -2.35. The smallest absolute Gasteiger partial charge is 0.325 e. The van der Waals surface area contributed by atoms with E-state index in [9.17, 15) is 14.4 Å². The zero-order valence-corrected chi connectivity index (χ0v) is 13.2. The topological polar surface area (TPSA) is 87.5 Å². The number of ether oxygens (including phenoxy) is 2. The summed E-state index contributed by atoms with van der Waals surface area (Å²) in [5.41, 5.74) is 0.183. The molecule has 1 saturated heterocycles. The molecule has 3 rings (SSSR count). The number of esters is 2. The van der Waals surface area contributed by atoms with Gasteiger partial charge in [-0.25, -0.2) is 4.98 Å². The summed E-state index contributed by atoms with van der Waals surface area (Å²) >= 11 is 1.14. The zero-order valence-electron chi connectivity index (χ0n) is 12.4. The minimum atomic E-state index is -0.556. The van der Waals surface area contributed by atoms with Crippen LogP contribution in [0.25, 0.3) is 10.9 Å². The van der Waals surface area contributed by atoms with Crippen molar-refractivity contribution in [1.29, 1.82) is 0 Å². The Morgan fingerprint density at radius 1 is 1.43 bits per heavy atom. The van der Waals surface area contributed by atoms with E-state index in [0.717, 1.165) is 11.8 Å². The lowest BCUT2D eigenvalue weighted by Crippen LogP contribution is -2.28. The van der Waals surface area contributed by atoms with Gasteiger partial charge >= 0.3 is 11.9 Å². The molecule has 2 heterocycles. The van der Waals surface area contributed by atoms with Crippen molar-refractivity contribution in [1.82, 2.24) is 9.55 Å². The molecule has 1 atom stereocenters. The van der Waals surface area contributed by atoms with E-state index in [2.05, 4.69) is 9.72 Å². The third-order valence-electron chi connectivity index (χ3n) is 3.48. The van der Waals surface area contributed by atoms with Crippen molar-refractivity contribution in [3.8, 4) is 0 Å². The molecule has 0 unspecified atom stereocenters. The van der Waals surface area contributed by atoms with Crippen LogP contribution in [0.5, 0.6) is 0 Å². The van der Waals surface area contributed by atoms with Crippen molar-refractivity contribution in [3.63, 3.8) is 0 Å². The molecule has 0 aliphatic carbocycles. The molecule has 1 aromatic carbocycles. The fourth-order valence-electron chi connectivity index (χ4n) is 2.28. The summed E-state index contributed by atoms with van der Waals surface area (Å²) in [7, 11) is 1.25. The molecule has 0 saturated carbocycles. The highest BCUT2D eigenvalue weighted by Gasteiger charge is 2.29. The van der Waals surface area contributed by atoms with Crippen molar-refractivity contribution in [3.05, 3.63) is 34.6 Å². The SMILES string of the molecule is COC(=O)Cn1c(S[C@H]2CCOC2=O)nc2ccccc2c1=O. The quantitative estimate of drug-likeness (QED) is 0.608. The molecule has 0 amide bonds. The highest BCUT2D eigenvalue weighted by Crippen LogP contribution is 2.28. The van der Waals surface area contributed by atoms with E-state index in [1.54, 1.807) is 24.3 Å². The van der Waals surface area contributed by atoms with Crippen LogP contribution in [0.2, 0.25) is 0 Å². The summed E-state index contributed by atoms with van der Waals surface area (Å²) in [6.07, 6.45) is 0.546. The van der Waals surface area contributed by atoms with Crippen LogP contribution >= 0.6 is 11.8 Å². The number of cyclic esters (lactones) is 1. The molecule has 1 aliphatic heterocycles. The first kappa shape index (κ1) is 15.5. The normalized spacial score (nSPS) is 17.3. The van der Waals surface area contributed by atoms with Gasteiger partial charge in [0.05, 0.1) is 24.6 Å². The molecule has 2 aromatic rings. The minimum absolute atomic E-state index is 0.253. The van der Waals surface area contributed by atoms with Gasteiger partial charge in [0.2, 0.25) is 0 Å². The van der Waals surface area contributed by atoms with E-state index >= 15 is 0 Å². The molecule has 23 heavy (non-hydrogen) atoms. The maximum atomic E-state index is 12.6. The molecule has 0 N–H and O–H groups in total. The van der Waals surface area contributed by atoms with E-state index in [1.165, 1.54) is 11.7 Å². The number of benzene rings is 1. The van der Waals surface area contributed by atoms with Crippen molar-refractivity contribution < 1.29 is 19.1 Å². The highest BCUT2D eigenvalue weighted by atomic mass is 32.2. The first-order valence-corrected chi connectivity index (χ1v) is 7.88. The van der Waals surface area contributed by atoms with Gasteiger partial charge in [0.15, 0.2) is 5.16 Å². The summed E-state index contributed by atoms with van der Waals surface area (Å²) in [6, 6.07) is 6.87. The molecule has 8 heteroatoms. The number of aromatic nitrogens is 2. The number of nitrogens with zero attached hydrogens (tertiary/aromatic N) is 2. The van der Waals surface area contributed by atoms with Crippen LogP contribution in [-0.4, -0.2) is 40.5 Å². The second-order valence-corrected chi connectivity index (χ2v) is 6.11. The standard InChI is InChI=1S/C15H14N2O5S/c1-21-12(18)8-17-13(19)9-4-2-3-5-10(9)16-15(17)23-11-6-7-22-14(11)20/h2-5,11H,6-8H2,1H3/t11-/m0/s1. The summed E-state index contributed by atoms with van der Waals surface area (Å²) in [5, 5.41) is 0.296. The predicted octanol–water partition coefficient (Wildman–Crippen LogP) is 0.977. The molecule has 1 fully saturated rings. The van der Waals surface area contributed by atoms with Crippen molar-refractivity contribution in [2.24, 2.45) is 0 Å². The fraction of sp³-hybridized carbons (Fsp3) is 0.333. The van der Waals surface area contributed by atoms with Crippen LogP contribution in [0.3, 0.4) is 0 Å². The number of fused-ring (bicyclic) bond motifs is 1. The van der Waals surface area contributed by atoms with Gasteiger partial charge in [-0.2, -0.15) is 0 Å². The Labute approximate surface area is 135 Å². The average molecular weight is 334 g/mol. The molecule has 1 aliphatic rings. The van der Waals surface area contributed by atoms with Crippen LogP contribution in [-0.2, 0) is 25.6 Å². The third kappa shape index (κ3) is 3.07. The number of carbonyl (C=O) groups is 2. The fourth-order valence-corrected chi connectivity index (χ4v) is 3.34. The number of carbonyl (C=O) groups excluding carboxylic acids is 2. The van der Waals surface area contributed by atoms with Crippen LogP contribution < -0.4 is 5.56 Å². The summed E-state index contributed by atoms with van der Waals surface area (Å²) in [5.74, 6) is -0.887. The maximum absolute atomic E-state index is 12.6. The largest absolute Gasteiger partial charge is 0.468 e. The summed E-state index contributed by atoms with van der Waals surface area (Å²) < 4.78 is 10.8. The second-order valence-electron chi connectivity index (χ2n) is 4.94. The molecule has 120 valence electrons. The molecule has 0 bridgehead atoms. The molecular formula is C15H14N2O5S. The van der Waals surface area contributed by atoms with Gasteiger partial charge < -0.3 is 9.47 Å². The highest BCUT2D eigenvalue weighted by molar-refractivity contribution is 8.00. The van der Waals surface area contributed by atoms with E-state index in [-0.39, 0.29) is 18.1 Å². The Morgan fingerprint density at radius 2 is 2.22 bits per heavy atom. The van der Waals surface area contributed by atoms with E-state index < -0.39 is 11.2 Å². The lowest BCUT2D eigenvalue weighted by Gasteiger charge is -2.13. The van der Waals surface area contributed by atoms with Crippen molar-refractivity contribution >= 4 is 34.6 Å². The Bertz CT molecular complexity index is 832. The number of hydrogen-bond acceptors (Lipinski definition) is 7. The number of rotatable bonds is 4. The van der Waals surface area contributed by atoms with E-state index in [4.69, 9.17) is 4.74 Å². The molecule has 7 nitrogen and oxygen atoms in total. The van der Waals surface area contributed by atoms with Crippen LogP contribution in [0.4, 0.5) is 0 Å². The average Bonchev–Trinajstić information content (AvgIpc) is 2.96. The Morgan fingerprint density at radius 3 is 2.91 bits per heavy atom. The van der Waals surface area contributed by atoms with Gasteiger partial charge in [0, 0.05) is 6.42 Å². The van der Waals surface area contributed by atoms with Gasteiger partial charge in [-0.15, -0.1) is 0 Å². The Balaban J connectivity index is 2.09. The summed E-state index contributed by atoms with van der Waals surface area (Å²) in [6.45, 7) is 0.0998. The van der Waals surface area contributed by atoms with Gasteiger partial charge in [0.25, 0.3) is 5.56 Å². The lowest BCUT2D eigenvalue weighted by atomic mass is 10.2. The summed E-state index contributed by atoms with van der Waals surface area (Å²) in [4.78, 5) is 40.4. The van der Waals surface area contributed by atoms with Gasteiger partial charge in [-0.05, 0) is 12.1 Å². The van der Waals surface area contributed by atoms with E-state index in [0.29, 0.717) is 29.1 Å². The number of thioether (sulfide) groups is 1. The van der Waals surface area contributed by atoms with Gasteiger partial charge in [-0.3, -0.25) is 19.0 Å². The second kappa shape index (κ2) is 6.41. The van der Waals surface area contributed by atoms with Crippen LogP contribution in [0.1, 0.15) is 6.42 Å². The first-order chi connectivity index (χ1) is 11.1. The first-order valence-electron chi connectivity index (χ1n) is 7.00. The molecule has 0 spiro atoms. The zero-order chi connectivity index (χ0) is 16.4. The van der Waals surface area contributed by atoms with Crippen molar-refractivity contribution in [2.45, 2.75) is 23.4 Å². The third-order valence-corrected chi connectivity index (χ3v) is 4.71. The van der Waals surface area contributed by atoms with Crippen LogP contribution in [0, 0.1) is 0 Å². The van der Waals surface area contributed by atoms with E-state index in [1.807, 2.05) is 0 Å².